The smallest absolute Gasteiger partial charge is 0.364 e. The topological polar surface area (TPSA) is 223 Å². The van der Waals surface area contributed by atoms with Gasteiger partial charge in [0.05, 0.1) is 12.1 Å². The first kappa shape index (κ1) is 23.2. The number of carboxylic acids is 1. The highest BCUT2D eigenvalue weighted by atomic mass is 16.7. The number of aliphatic hydroxyl groups excluding tert-OH is 5. The van der Waals surface area contributed by atoms with Gasteiger partial charge in [-0.3, -0.25) is 4.79 Å². The molecule has 27 heavy (non-hydrogen) atoms. The quantitative estimate of drug-likeness (QED) is 0.180. The second-order valence-electron chi connectivity index (χ2n) is 6.06. The summed E-state index contributed by atoms with van der Waals surface area (Å²) < 4.78 is 9.42. The number of carbonyl (C=O) groups excluding carboxylic acids is 2. The first-order chi connectivity index (χ1) is 12.4. The Morgan fingerprint density at radius 1 is 1.30 bits per heavy atom. The monoisotopic (exact) mass is 397 g/mol. The highest BCUT2D eigenvalue weighted by Crippen LogP contribution is 2.30. The normalized spacial score (nSPS) is 31.4. The van der Waals surface area contributed by atoms with E-state index in [1.165, 1.54) is 0 Å². The van der Waals surface area contributed by atoms with E-state index in [9.17, 15) is 34.8 Å². The van der Waals surface area contributed by atoms with Gasteiger partial charge in [0.15, 0.2) is 0 Å². The summed E-state index contributed by atoms with van der Waals surface area (Å²) in [5, 5.41) is 69.1. The molecule has 0 radical (unpaired) electrons. The number of rotatable bonds is 8. The van der Waals surface area contributed by atoms with Gasteiger partial charge in [-0.15, -0.1) is 0 Å². The highest BCUT2D eigenvalue weighted by molar-refractivity contribution is 5.78. The van der Waals surface area contributed by atoms with Crippen LogP contribution in [0.25, 0.3) is 0 Å². The maximum atomic E-state index is 11.4. The van der Waals surface area contributed by atoms with E-state index >= 15 is 0 Å². The minimum absolute atomic E-state index is 0.840. The summed E-state index contributed by atoms with van der Waals surface area (Å²) >= 11 is 0. The minimum Gasteiger partial charge on any atom is -0.477 e. The van der Waals surface area contributed by atoms with Gasteiger partial charge in [-0.25, -0.2) is 9.59 Å². The first-order valence-electron chi connectivity index (χ1n) is 7.85. The number of amides is 1. The van der Waals surface area contributed by atoms with Crippen LogP contribution in [0.2, 0.25) is 0 Å². The number of aliphatic carboxylic acids is 1. The number of aliphatic hydroxyl groups is 6. The third-order valence-corrected chi connectivity index (χ3v) is 3.86. The molecule has 0 aliphatic carbocycles. The van der Waals surface area contributed by atoms with Crippen molar-refractivity contribution in [3.05, 3.63) is 0 Å². The molecule has 1 amide bonds. The van der Waals surface area contributed by atoms with Crippen molar-refractivity contribution >= 4 is 17.8 Å². The van der Waals surface area contributed by atoms with Gasteiger partial charge < -0.3 is 50.5 Å². The van der Waals surface area contributed by atoms with Crippen molar-refractivity contribution in [2.24, 2.45) is 0 Å². The molecular formula is C14H23NO12. The third-order valence-electron chi connectivity index (χ3n) is 3.86. The van der Waals surface area contributed by atoms with Crippen LogP contribution in [0, 0.1) is 0 Å². The molecule has 0 aromatic heterocycles. The number of carbonyl (C=O) groups is 3. The molecular weight excluding hydrogens is 374 g/mol. The molecule has 2 unspecified atom stereocenters. The van der Waals surface area contributed by atoms with E-state index in [-0.39, 0.29) is 0 Å². The van der Waals surface area contributed by atoms with Gasteiger partial charge in [0, 0.05) is 6.42 Å². The Bertz CT molecular complexity index is 554. The Morgan fingerprint density at radius 2 is 1.89 bits per heavy atom. The van der Waals surface area contributed by atoms with Gasteiger partial charge in [-0.2, -0.15) is 0 Å². The van der Waals surface area contributed by atoms with E-state index < -0.39 is 79.8 Å². The molecule has 1 fully saturated rings. The average molecular weight is 397 g/mol. The first-order valence-corrected chi connectivity index (χ1v) is 7.85. The SMILES string of the molecule is CC(O)C(=O)OC[C@@H](O)[C@@H](O)[C@@H]1OC(O)(C(=O)O)C[C@H](O)[C@H]1NC(=O)CO. The summed E-state index contributed by atoms with van der Waals surface area (Å²) in [4.78, 5) is 33.8. The molecule has 13 heteroatoms. The number of ether oxygens (including phenoxy) is 2. The molecule has 0 bridgehead atoms. The number of hydrogen-bond acceptors (Lipinski definition) is 11. The Labute approximate surface area is 152 Å². The van der Waals surface area contributed by atoms with Crippen LogP contribution in [0.3, 0.4) is 0 Å². The van der Waals surface area contributed by atoms with Gasteiger partial charge in [0.25, 0.3) is 5.79 Å². The van der Waals surface area contributed by atoms with Crippen molar-refractivity contribution in [2.75, 3.05) is 13.2 Å². The van der Waals surface area contributed by atoms with Gasteiger partial charge >= 0.3 is 11.9 Å². The lowest BCUT2D eigenvalue weighted by molar-refractivity contribution is -0.295. The van der Waals surface area contributed by atoms with Crippen LogP contribution in [0.5, 0.6) is 0 Å². The van der Waals surface area contributed by atoms with Crippen LogP contribution in [0.15, 0.2) is 0 Å². The predicted octanol–water partition coefficient (Wildman–Crippen LogP) is -4.97. The van der Waals surface area contributed by atoms with Crippen LogP contribution in [-0.2, 0) is 23.9 Å². The van der Waals surface area contributed by atoms with Crippen LogP contribution >= 0.6 is 0 Å². The molecule has 1 aliphatic heterocycles. The van der Waals surface area contributed by atoms with E-state index in [0.29, 0.717) is 0 Å². The number of nitrogens with one attached hydrogen (secondary N) is 1. The lowest BCUT2D eigenvalue weighted by atomic mass is 9.88. The van der Waals surface area contributed by atoms with E-state index in [1.54, 1.807) is 0 Å². The summed E-state index contributed by atoms with van der Waals surface area (Å²) in [5.41, 5.74) is 0. The van der Waals surface area contributed by atoms with E-state index in [1.807, 2.05) is 0 Å². The Balaban J connectivity index is 2.99. The zero-order valence-electron chi connectivity index (χ0n) is 14.3. The molecule has 0 saturated carbocycles. The third kappa shape index (κ3) is 5.80. The van der Waals surface area contributed by atoms with Crippen molar-refractivity contribution < 1.29 is 59.6 Å². The molecule has 156 valence electrons. The largest absolute Gasteiger partial charge is 0.477 e. The fourth-order valence-corrected chi connectivity index (χ4v) is 2.41. The summed E-state index contributed by atoms with van der Waals surface area (Å²) in [7, 11) is 0. The lowest BCUT2D eigenvalue weighted by Crippen LogP contribution is -2.67. The minimum atomic E-state index is -2.93. The van der Waals surface area contributed by atoms with Crippen LogP contribution in [0.4, 0.5) is 0 Å². The van der Waals surface area contributed by atoms with Crippen molar-refractivity contribution in [1.82, 2.24) is 5.32 Å². The fraction of sp³-hybridized carbons (Fsp3) is 0.786. The van der Waals surface area contributed by atoms with Crippen molar-refractivity contribution in [1.29, 1.82) is 0 Å². The molecule has 0 aromatic carbocycles. The van der Waals surface area contributed by atoms with Gasteiger partial charge in [-0.05, 0) is 6.92 Å². The maximum absolute atomic E-state index is 11.4. The van der Waals surface area contributed by atoms with E-state index in [2.05, 4.69) is 10.1 Å². The second-order valence-corrected chi connectivity index (χ2v) is 6.06. The second kappa shape index (κ2) is 9.36. The maximum Gasteiger partial charge on any atom is 0.364 e. The Morgan fingerprint density at radius 3 is 2.37 bits per heavy atom. The molecule has 0 spiro atoms. The molecule has 1 saturated heterocycles. The zero-order chi connectivity index (χ0) is 20.9. The lowest BCUT2D eigenvalue weighted by Gasteiger charge is -2.44. The molecule has 8 N–H and O–H groups in total. The van der Waals surface area contributed by atoms with Gasteiger partial charge in [0.1, 0.15) is 37.6 Å². The van der Waals surface area contributed by atoms with Crippen molar-refractivity contribution in [3.63, 3.8) is 0 Å². The summed E-state index contributed by atoms with van der Waals surface area (Å²) in [5.74, 6) is -6.93. The van der Waals surface area contributed by atoms with Crippen molar-refractivity contribution in [3.8, 4) is 0 Å². The number of carboxylic acid groups (broad SMARTS) is 1. The standard InChI is InChI=1S/C14H23NO12/c1-5(17)12(22)26-4-7(19)10(21)11-9(15-8(20)3-16)6(18)2-14(25,27-11)13(23)24/h5-7,9-11,16-19,21,25H,2-4H2,1H3,(H,15,20)(H,23,24)/t5?,6-,7+,9+,10+,11+,14?/m0/s1. The number of esters is 1. The summed E-state index contributed by atoms with van der Waals surface area (Å²) in [6.45, 7) is -0.740. The van der Waals surface area contributed by atoms with Crippen molar-refractivity contribution in [2.45, 2.75) is 55.7 Å². The molecule has 7 atom stereocenters. The molecule has 1 rings (SSSR count). The highest BCUT2D eigenvalue weighted by Gasteiger charge is 2.54. The molecule has 1 heterocycles. The number of hydrogen-bond donors (Lipinski definition) is 8. The van der Waals surface area contributed by atoms with Crippen LogP contribution in [0.1, 0.15) is 13.3 Å². The summed E-state index contributed by atoms with van der Waals surface area (Å²) in [6, 6.07) is -1.51. The predicted molar refractivity (Wildman–Crippen MR) is 81.8 cm³/mol. The van der Waals surface area contributed by atoms with Crippen LogP contribution < -0.4 is 5.32 Å². The van der Waals surface area contributed by atoms with E-state index in [0.717, 1.165) is 6.92 Å². The molecule has 13 nitrogen and oxygen atoms in total. The fourth-order valence-electron chi connectivity index (χ4n) is 2.41. The average Bonchev–Trinajstić information content (AvgIpc) is 2.60. The van der Waals surface area contributed by atoms with Crippen LogP contribution in [-0.4, -0.2) is 109 Å². The molecule has 1 aliphatic rings. The molecule has 0 aromatic rings. The van der Waals surface area contributed by atoms with Gasteiger partial charge in [0.2, 0.25) is 5.91 Å². The Hall–Kier alpha value is -1.87. The summed E-state index contributed by atoms with van der Waals surface area (Å²) in [6.07, 6.45) is -9.91. The zero-order valence-corrected chi connectivity index (χ0v) is 14.3. The van der Waals surface area contributed by atoms with Gasteiger partial charge in [-0.1, -0.05) is 0 Å². The Kier molecular flexibility index (Phi) is 8.04. The van der Waals surface area contributed by atoms with E-state index in [4.69, 9.17) is 20.1 Å².